The summed E-state index contributed by atoms with van der Waals surface area (Å²) < 4.78 is 10.4. The Kier molecular flexibility index (Phi) is 4.48. The lowest BCUT2D eigenvalue weighted by atomic mass is 10.1. The zero-order valence-electron chi connectivity index (χ0n) is 10.9. The van der Waals surface area contributed by atoms with E-state index in [0.29, 0.717) is 22.0 Å². The van der Waals surface area contributed by atoms with Gasteiger partial charge in [0.2, 0.25) is 0 Å². The average molecular weight is 292 g/mol. The largest absolute Gasteiger partial charge is 0.486 e. The number of nitrogens with two attached hydrogens (primary N) is 1. The van der Waals surface area contributed by atoms with Crippen molar-refractivity contribution in [3.8, 4) is 5.75 Å². The molecule has 0 aliphatic rings. The molecule has 0 unspecified atom stereocenters. The Hall–Kier alpha value is -2.20. The summed E-state index contributed by atoms with van der Waals surface area (Å²) in [5.41, 5.74) is 7.33. The molecule has 4 nitrogen and oxygen atoms in total. The van der Waals surface area contributed by atoms with Crippen molar-refractivity contribution in [3.63, 3.8) is 0 Å². The van der Waals surface area contributed by atoms with Crippen LogP contribution in [-0.2, 0) is 11.3 Å². The summed E-state index contributed by atoms with van der Waals surface area (Å²) in [6.07, 6.45) is 0. The molecule has 2 rings (SSSR count). The third-order valence-electron chi connectivity index (χ3n) is 2.78. The highest BCUT2D eigenvalue weighted by molar-refractivity contribution is 6.31. The smallest absolute Gasteiger partial charge is 0.341 e. The Morgan fingerprint density at radius 3 is 2.65 bits per heavy atom. The summed E-state index contributed by atoms with van der Waals surface area (Å²) in [4.78, 5) is 11.7. The van der Waals surface area contributed by atoms with Crippen LogP contribution in [0.2, 0.25) is 5.02 Å². The summed E-state index contributed by atoms with van der Waals surface area (Å²) in [5.74, 6) is -0.189. The quantitative estimate of drug-likeness (QED) is 0.693. The minimum Gasteiger partial charge on any atom is -0.486 e. The second kappa shape index (κ2) is 6.30. The van der Waals surface area contributed by atoms with Gasteiger partial charge < -0.3 is 15.2 Å². The van der Waals surface area contributed by atoms with Gasteiger partial charge in [-0.1, -0.05) is 35.9 Å². The topological polar surface area (TPSA) is 61.5 Å². The Labute approximate surface area is 122 Å². The fourth-order valence-corrected chi connectivity index (χ4v) is 1.94. The molecule has 0 aliphatic carbocycles. The molecule has 20 heavy (non-hydrogen) atoms. The van der Waals surface area contributed by atoms with E-state index in [-0.39, 0.29) is 6.61 Å². The highest BCUT2D eigenvalue weighted by Gasteiger charge is 2.15. The molecule has 0 spiro atoms. The number of carbonyl (C=O) groups is 1. The van der Waals surface area contributed by atoms with Crippen LogP contribution in [0.1, 0.15) is 15.9 Å². The molecular weight excluding hydrogens is 278 g/mol. The molecule has 2 aromatic carbocycles. The molecule has 0 heterocycles. The molecule has 0 saturated heterocycles. The van der Waals surface area contributed by atoms with Crippen molar-refractivity contribution in [2.24, 2.45) is 0 Å². The number of carbonyl (C=O) groups excluding carboxylic acids is 1. The van der Waals surface area contributed by atoms with Crippen molar-refractivity contribution in [2.75, 3.05) is 12.8 Å². The van der Waals surface area contributed by atoms with Crippen molar-refractivity contribution < 1.29 is 14.3 Å². The van der Waals surface area contributed by atoms with Gasteiger partial charge in [-0.15, -0.1) is 0 Å². The van der Waals surface area contributed by atoms with E-state index in [2.05, 4.69) is 0 Å². The van der Waals surface area contributed by atoms with Crippen LogP contribution in [0.5, 0.6) is 5.75 Å². The maximum atomic E-state index is 11.7. The van der Waals surface area contributed by atoms with E-state index >= 15 is 0 Å². The first kappa shape index (κ1) is 14.2. The predicted molar refractivity (Wildman–Crippen MR) is 78.0 cm³/mol. The summed E-state index contributed by atoms with van der Waals surface area (Å²) in [5, 5.41) is 0.599. The van der Waals surface area contributed by atoms with Gasteiger partial charge in [-0.2, -0.15) is 0 Å². The van der Waals surface area contributed by atoms with E-state index in [0.717, 1.165) is 5.56 Å². The minimum atomic E-state index is -0.494. The van der Waals surface area contributed by atoms with Crippen molar-refractivity contribution in [2.45, 2.75) is 6.61 Å². The highest BCUT2D eigenvalue weighted by Crippen LogP contribution is 2.28. The second-order valence-corrected chi connectivity index (χ2v) is 4.50. The van der Waals surface area contributed by atoms with Crippen molar-refractivity contribution in [3.05, 3.63) is 58.6 Å². The Balaban J connectivity index is 2.25. The summed E-state index contributed by atoms with van der Waals surface area (Å²) >= 11 is 6.06. The van der Waals surface area contributed by atoms with Crippen molar-refractivity contribution >= 4 is 23.3 Å². The van der Waals surface area contributed by atoms with Crippen LogP contribution in [0.15, 0.2) is 42.5 Å². The third kappa shape index (κ3) is 3.03. The SMILES string of the molecule is COC(=O)c1cccc(N)c1OCc1ccccc1Cl. The van der Waals surface area contributed by atoms with Crippen LogP contribution in [0.25, 0.3) is 0 Å². The maximum absolute atomic E-state index is 11.7. The number of hydrogen-bond donors (Lipinski definition) is 1. The normalized spacial score (nSPS) is 10.1. The van der Waals surface area contributed by atoms with E-state index in [1.165, 1.54) is 7.11 Å². The van der Waals surface area contributed by atoms with Gasteiger partial charge in [0.1, 0.15) is 12.2 Å². The Morgan fingerprint density at radius 2 is 1.95 bits per heavy atom. The maximum Gasteiger partial charge on any atom is 0.341 e. The van der Waals surface area contributed by atoms with Crippen LogP contribution >= 0.6 is 11.6 Å². The Bertz CT molecular complexity index is 628. The first-order valence-electron chi connectivity index (χ1n) is 5.96. The number of hydrogen-bond acceptors (Lipinski definition) is 4. The molecule has 2 aromatic rings. The molecule has 2 N–H and O–H groups in total. The van der Waals surface area contributed by atoms with Crippen molar-refractivity contribution in [1.82, 2.24) is 0 Å². The standard InChI is InChI=1S/C15H14ClNO3/c1-19-15(18)11-6-4-8-13(17)14(11)20-9-10-5-2-3-7-12(10)16/h2-8H,9,17H2,1H3. The Morgan fingerprint density at radius 1 is 1.20 bits per heavy atom. The van der Waals surface area contributed by atoms with E-state index < -0.39 is 5.97 Å². The van der Waals surface area contributed by atoms with Gasteiger partial charge in [0.15, 0.2) is 5.75 Å². The van der Waals surface area contributed by atoms with Crippen LogP contribution in [0.3, 0.4) is 0 Å². The van der Waals surface area contributed by atoms with E-state index in [4.69, 9.17) is 26.8 Å². The average Bonchev–Trinajstić information content (AvgIpc) is 2.46. The lowest BCUT2D eigenvalue weighted by Gasteiger charge is -2.13. The monoisotopic (exact) mass is 291 g/mol. The first-order valence-corrected chi connectivity index (χ1v) is 6.34. The second-order valence-electron chi connectivity index (χ2n) is 4.10. The molecule has 0 saturated carbocycles. The van der Waals surface area contributed by atoms with Crippen molar-refractivity contribution in [1.29, 1.82) is 0 Å². The molecule has 5 heteroatoms. The molecule has 0 atom stereocenters. The van der Waals surface area contributed by atoms with Gasteiger partial charge in [-0.05, 0) is 18.2 Å². The molecule has 0 aromatic heterocycles. The fraction of sp³-hybridized carbons (Fsp3) is 0.133. The summed E-state index contributed by atoms with van der Waals surface area (Å²) in [6.45, 7) is 0.220. The number of nitrogen functional groups attached to an aromatic ring is 1. The minimum absolute atomic E-state index is 0.220. The zero-order valence-corrected chi connectivity index (χ0v) is 11.7. The first-order chi connectivity index (χ1) is 9.63. The van der Waals surface area contributed by atoms with Gasteiger partial charge >= 0.3 is 5.97 Å². The number of ether oxygens (including phenoxy) is 2. The predicted octanol–water partition coefficient (Wildman–Crippen LogP) is 3.29. The number of halogens is 1. The summed E-state index contributed by atoms with van der Waals surface area (Å²) in [7, 11) is 1.31. The van der Waals surface area contributed by atoms with Gasteiger partial charge in [-0.3, -0.25) is 0 Å². The van der Waals surface area contributed by atoms with Crippen LogP contribution in [0.4, 0.5) is 5.69 Å². The van der Waals surface area contributed by atoms with Gasteiger partial charge in [0.05, 0.1) is 12.8 Å². The number of benzene rings is 2. The lowest BCUT2D eigenvalue weighted by molar-refractivity contribution is 0.0595. The number of esters is 1. The molecule has 0 bridgehead atoms. The third-order valence-corrected chi connectivity index (χ3v) is 3.15. The lowest BCUT2D eigenvalue weighted by Crippen LogP contribution is -2.08. The van der Waals surface area contributed by atoms with Gasteiger partial charge in [0.25, 0.3) is 0 Å². The number of methoxy groups -OCH3 is 1. The van der Waals surface area contributed by atoms with E-state index in [9.17, 15) is 4.79 Å². The number of anilines is 1. The van der Waals surface area contributed by atoms with Crippen LogP contribution in [0, 0.1) is 0 Å². The van der Waals surface area contributed by atoms with Crippen LogP contribution < -0.4 is 10.5 Å². The van der Waals surface area contributed by atoms with Gasteiger partial charge in [0, 0.05) is 10.6 Å². The number of para-hydroxylation sites is 1. The van der Waals surface area contributed by atoms with E-state index in [1.807, 2.05) is 18.2 Å². The van der Waals surface area contributed by atoms with Crippen LogP contribution in [-0.4, -0.2) is 13.1 Å². The molecule has 0 aliphatic heterocycles. The molecule has 0 amide bonds. The zero-order chi connectivity index (χ0) is 14.5. The fourth-order valence-electron chi connectivity index (χ4n) is 1.75. The van der Waals surface area contributed by atoms with Gasteiger partial charge in [-0.25, -0.2) is 4.79 Å². The number of rotatable bonds is 4. The molecule has 0 fully saturated rings. The molecule has 0 radical (unpaired) electrons. The molecule has 104 valence electrons. The molecular formula is C15H14ClNO3. The highest BCUT2D eigenvalue weighted by atomic mass is 35.5. The van der Waals surface area contributed by atoms with E-state index in [1.54, 1.807) is 24.3 Å². The summed E-state index contributed by atoms with van der Waals surface area (Å²) in [6, 6.07) is 12.3.